The molecule has 0 aromatic heterocycles. The molecule has 0 aliphatic carbocycles. The number of hydrogen-bond acceptors (Lipinski definition) is 1. The highest BCUT2D eigenvalue weighted by atomic mass is 127. The van der Waals surface area contributed by atoms with Crippen molar-refractivity contribution in [1.82, 2.24) is 5.32 Å². The molecule has 106 valence electrons. The zero-order chi connectivity index (χ0) is 14.8. The molecule has 0 fully saturated rings. The average Bonchev–Trinajstić information content (AvgIpc) is 2.24. The summed E-state index contributed by atoms with van der Waals surface area (Å²) in [5.41, 5.74) is -1.28. The second-order valence-corrected chi connectivity index (χ2v) is 5.11. The van der Waals surface area contributed by atoms with Crippen molar-refractivity contribution >= 4 is 28.5 Å². The lowest BCUT2D eigenvalue weighted by Crippen LogP contribution is -2.35. The Hall–Kier alpha value is -0.930. The molecule has 1 aromatic carbocycles. The number of halogens is 6. The lowest BCUT2D eigenvalue weighted by atomic mass is 10.1. The van der Waals surface area contributed by atoms with E-state index in [9.17, 15) is 26.7 Å². The fraction of sp³-hybridized carbons (Fsp3) is 0.364. The SMILES string of the molecule is CC(F)(F)CNC(=O)c1cc(C(F)(F)F)ccc1I. The maximum atomic E-state index is 12.6. The van der Waals surface area contributed by atoms with Crippen molar-refractivity contribution in [3.63, 3.8) is 0 Å². The van der Waals surface area contributed by atoms with Gasteiger partial charge < -0.3 is 5.32 Å². The summed E-state index contributed by atoms with van der Waals surface area (Å²) in [6.07, 6.45) is -4.59. The first kappa shape index (κ1) is 16.1. The molecule has 1 N–H and O–H groups in total. The molecule has 1 amide bonds. The smallest absolute Gasteiger partial charge is 0.346 e. The zero-order valence-corrected chi connectivity index (χ0v) is 11.8. The van der Waals surface area contributed by atoms with Gasteiger partial charge in [0.2, 0.25) is 0 Å². The molecule has 19 heavy (non-hydrogen) atoms. The molecule has 1 rings (SSSR count). The zero-order valence-electron chi connectivity index (χ0n) is 9.62. The van der Waals surface area contributed by atoms with Crippen LogP contribution in [0.1, 0.15) is 22.8 Å². The van der Waals surface area contributed by atoms with Crippen LogP contribution in [-0.4, -0.2) is 18.4 Å². The van der Waals surface area contributed by atoms with Gasteiger partial charge >= 0.3 is 6.18 Å². The van der Waals surface area contributed by atoms with Crippen LogP contribution in [0.4, 0.5) is 22.0 Å². The largest absolute Gasteiger partial charge is 0.416 e. The first-order valence-corrected chi connectivity index (χ1v) is 6.11. The van der Waals surface area contributed by atoms with Gasteiger partial charge in [-0.1, -0.05) is 0 Å². The summed E-state index contributed by atoms with van der Waals surface area (Å²) in [6, 6.07) is 2.58. The highest BCUT2D eigenvalue weighted by molar-refractivity contribution is 14.1. The Kier molecular flexibility index (Phi) is 4.75. The molecule has 0 aliphatic rings. The van der Waals surface area contributed by atoms with Crippen LogP contribution in [0.3, 0.4) is 0 Å². The Bertz CT molecular complexity index is 481. The molecule has 0 unspecified atom stereocenters. The van der Waals surface area contributed by atoms with E-state index < -0.39 is 30.1 Å². The lowest BCUT2D eigenvalue weighted by molar-refractivity contribution is -0.137. The fourth-order valence-corrected chi connectivity index (χ4v) is 1.79. The number of rotatable bonds is 3. The quantitative estimate of drug-likeness (QED) is 0.616. The summed E-state index contributed by atoms with van der Waals surface area (Å²) in [6.45, 7) is -0.331. The number of nitrogens with one attached hydrogen (secondary N) is 1. The van der Waals surface area contributed by atoms with Gasteiger partial charge in [0, 0.05) is 10.5 Å². The molecule has 0 saturated carbocycles. The van der Waals surface area contributed by atoms with Crippen LogP contribution < -0.4 is 5.32 Å². The van der Waals surface area contributed by atoms with E-state index in [0.29, 0.717) is 13.0 Å². The summed E-state index contributed by atoms with van der Waals surface area (Å²) < 4.78 is 62.8. The van der Waals surface area contributed by atoms with Crippen molar-refractivity contribution in [2.24, 2.45) is 0 Å². The van der Waals surface area contributed by atoms with Gasteiger partial charge in [-0.3, -0.25) is 4.79 Å². The molecular formula is C11H9F5INO. The molecule has 0 heterocycles. The second kappa shape index (κ2) is 5.59. The fourth-order valence-electron chi connectivity index (χ4n) is 1.21. The molecule has 1 aromatic rings. The van der Waals surface area contributed by atoms with E-state index >= 15 is 0 Å². The topological polar surface area (TPSA) is 29.1 Å². The maximum absolute atomic E-state index is 12.6. The van der Waals surface area contributed by atoms with Crippen molar-refractivity contribution in [2.45, 2.75) is 19.0 Å². The van der Waals surface area contributed by atoms with Gasteiger partial charge in [-0.05, 0) is 40.8 Å². The van der Waals surface area contributed by atoms with E-state index in [1.807, 2.05) is 5.32 Å². The minimum Gasteiger partial charge on any atom is -0.346 e. The van der Waals surface area contributed by atoms with Crippen LogP contribution in [0, 0.1) is 3.57 Å². The van der Waals surface area contributed by atoms with Crippen molar-refractivity contribution in [1.29, 1.82) is 0 Å². The van der Waals surface area contributed by atoms with E-state index in [4.69, 9.17) is 0 Å². The molecule has 0 saturated heterocycles. The Morgan fingerprint density at radius 2 is 1.84 bits per heavy atom. The van der Waals surface area contributed by atoms with Crippen LogP contribution in [-0.2, 0) is 6.18 Å². The summed E-state index contributed by atoms with van der Waals surface area (Å²) in [5.74, 6) is -4.08. The number of carbonyl (C=O) groups excluding carboxylic acids is 1. The molecule has 0 spiro atoms. The summed E-state index contributed by atoms with van der Waals surface area (Å²) in [5, 5.41) is 1.90. The van der Waals surface area contributed by atoms with E-state index in [0.717, 1.165) is 12.1 Å². The van der Waals surface area contributed by atoms with Crippen molar-refractivity contribution in [3.05, 3.63) is 32.9 Å². The van der Waals surface area contributed by atoms with Gasteiger partial charge in [-0.25, -0.2) is 8.78 Å². The van der Waals surface area contributed by atoms with Gasteiger partial charge in [-0.15, -0.1) is 0 Å². The standard InChI is InChI=1S/C11H9F5INO/c1-10(12,13)5-18-9(19)7-4-6(11(14,15)16)2-3-8(7)17/h2-4H,5H2,1H3,(H,18,19). The van der Waals surface area contributed by atoms with E-state index in [1.54, 1.807) is 22.6 Å². The minimum absolute atomic E-state index is 0.252. The normalized spacial score (nSPS) is 12.4. The van der Waals surface area contributed by atoms with E-state index in [1.165, 1.54) is 0 Å². The predicted molar refractivity (Wildman–Crippen MR) is 67.1 cm³/mol. The van der Waals surface area contributed by atoms with Crippen LogP contribution >= 0.6 is 22.6 Å². The third-order valence-corrected chi connectivity index (χ3v) is 3.04. The third kappa shape index (κ3) is 4.92. The Morgan fingerprint density at radius 3 is 2.32 bits per heavy atom. The van der Waals surface area contributed by atoms with Gasteiger partial charge in [-0.2, -0.15) is 13.2 Å². The molecule has 2 nitrogen and oxygen atoms in total. The van der Waals surface area contributed by atoms with E-state index in [2.05, 4.69) is 0 Å². The minimum atomic E-state index is -4.59. The van der Waals surface area contributed by atoms with Gasteiger partial charge in [0.15, 0.2) is 0 Å². The molecule has 0 bridgehead atoms. The molecule has 0 radical (unpaired) electrons. The Labute approximate surface area is 119 Å². The average molecular weight is 393 g/mol. The van der Waals surface area contributed by atoms with Crippen LogP contribution in [0.15, 0.2) is 18.2 Å². The monoisotopic (exact) mass is 393 g/mol. The van der Waals surface area contributed by atoms with E-state index in [-0.39, 0.29) is 9.13 Å². The highest BCUT2D eigenvalue weighted by Crippen LogP contribution is 2.30. The van der Waals surface area contributed by atoms with Crippen molar-refractivity contribution in [3.8, 4) is 0 Å². The summed E-state index contributed by atoms with van der Waals surface area (Å²) in [7, 11) is 0. The number of carbonyl (C=O) groups is 1. The van der Waals surface area contributed by atoms with Gasteiger partial charge in [0.1, 0.15) is 0 Å². The highest BCUT2D eigenvalue weighted by Gasteiger charge is 2.32. The molecule has 0 aliphatic heterocycles. The van der Waals surface area contributed by atoms with Crippen LogP contribution in [0.5, 0.6) is 0 Å². The number of alkyl halides is 5. The molecular weight excluding hydrogens is 384 g/mol. The Balaban J connectivity index is 2.97. The number of hydrogen-bond donors (Lipinski definition) is 1. The van der Waals surface area contributed by atoms with Crippen LogP contribution in [0.25, 0.3) is 0 Å². The maximum Gasteiger partial charge on any atom is 0.416 e. The van der Waals surface area contributed by atoms with Crippen molar-refractivity contribution in [2.75, 3.05) is 6.54 Å². The first-order chi connectivity index (χ1) is 8.50. The van der Waals surface area contributed by atoms with Crippen molar-refractivity contribution < 1.29 is 26.7 Å². The Morgan fingerprint density at radius 1 is 1.26 bits per heavy atom. The molecule has 0 atom stereocenters. The van der Waals surface area contributed by atoms with Crippen LogP contribution in [0.2, 0.25) is 0 Å². The summed E-state index contributed by atoms with van der Waals surface area (Å²) >= 11 is 1.67. The van der Waals surface area contributed by atoms with Gasteiger partial charge in [0.05, 0.1) is 17.7 Å². The predicted octanol–water partition coefficient (Wildman–Crippen LogP) is 3.70. The van der Waals surface area contributed by atoms with Gasteiger partial charge in [0.25, 0.3) is 11.8 Å². The first-order valence-electron chi connectivity index (χ1n) is 5.03. The molecule has 8 heteroatoms. The third-order valence-electron chi connectivity index (χ3n) is 2.10. The number of amides is 1. The second-order valence-electron chi connectivity index (χ2n) is 3.95. The number of benzene rings is 1. The summed E-state index contributed by atoms with van der Waals surface area (Å²) in [4.78, 5) is 11.6. The lowest BCUT2D eigenvalue weighted by Gasteiger charge is -2.13.